The summed E-state index contributed by atoms with van der Waals surface area (Å²) < 4.78 is 5.23. The predicted octanol–water partition coefficient (Wildman–Crippen LogP) is 2.82. The normalized spacial score (nSPS) is 15.3. The first-order valence-corrected chi connectivity index (χ1v) is 10.6. The Morgan fingerprint density at radius 3 is 2.40 bits per heavy atom. The first-order valence-electron chi connectivity index (χ1n) is 10.6. The third-order valence-electron chi connectivity index (χ3n) is 6.03. The molecule has 5 heteroatoms. The molecule has 2 N–H and O–H groups in total. The molecule has 30 heavy (non-hydrogen) atoms. The van der Waals surface area contributed by atoms with Crippen LogP contribution in [0.25, 0.3) is 10.8 Å². The van der Waals surface area contributed by atoms with Crippen molar-refractivity contribution in [1.82, 2.24) is 4.90 Å². The van der Waals surface area contributed by atoms with Gasteiger partial charge in [0.15, 0.2) is 6.54 Å². The number of quaternary nitrogens is 1. The van der Waals surface area contributed by atoms with Gasteiger partial charge in [-0.3, -0.25) is 4.79 Å². The number of rotatable bonds is 6. The maximum absolute atomic E-state index is 12.8. The number of carbonyl (C=O) groups excluding carboxylic acids is 1. The average molecular weight is 405 g/mol. The monoisotopic (exact) mass is 404 g/mol. The molecule has 156 valence electrons. The number of hydrogen-bond acceptors (Lipinski definition) is 3. The Hall–Kier alpha value is -3.05. The van der Waals surface area contributed by atoms with E-state index in [0.29, 0.717) is 6.54 Å². The number of methoxy groups -OCH3 is 1. The molecule has 3 aromatic rings. The van der Waals surface area contributed by atoms with Crippen LogP contribution in [0.4, 0.5) is 5.69 Å². The third-order valence-corrected chi connectivity index (χ3v) is 6.03. The summed E-state index contributed by atoms with van der Waals surface area (Å²) in [7, 11) is 1.68. The Kier molecular flexibility index (Phi) is 6.19. The standard InChI is InChI=1S/C25H29N3O2/c1-19(23-9-5-7-20-6-3-4-8-24(20)23)26-18-25(29)28-16-14-27(15-17-28)21-10-12-22(30-2)13-11-21/h3-13,19,26H,14-18H2,1-2H3/p+1/t19-/m0/s1. The highest BCUT2D eigenvalue weighted by atomic mass is 16.5. The molecule has 0 aromatic heterocycles. The number of carbonyl (C=O) groups is 1. The first kappa shape index (κ1) is 20.2. The van der Waals surface area contributed by atoms with Crippen LogP contribution in [0.2, 0.25) is 0 Å². The van der Waals surface area contributed by atoms with Crippen LogP contribution in [-0.4, -0.2) is 50.6 Å². The Morgan fingerprint density at radius 2 is 1.67 bits per heavy atom. The van der Waals surface area contributed by atoms with Crippen LogP contribution in [0.5, 0.6) is 5.75 Å². The molecule has 1 atom stereocenters. The summed E-state index contributed by atoms with van der Waals surface area (Å²) in [5.41, 5.74) is 2.46. The van der Waals surface area contributed by atoms with Crippen LogP contribution >= 0.6 is 0 Å². The molecule has 1 saturated heterocycles. The summed E-state index contributed by atoms with van der Waals surface area (Å²) >= 11 is 0. The topological polar surface area (TPSA) is 49.4 Å². The molecule has 0 aliphatic carbocycles. The largest absolute Gasteiger partial charge is 0.497 e. The molecule has 1 heterocycles. The van der Waals surface area contributed by atoms with E-state index < -0.39 is 0 Å². The number of anilines is 1. The van der Waals surface area contributed by atoms with Gasteiger partial charge in [-0.15, -0.1) is 0 Å². The maximum Gasteiger partial charge on any atom is 0.277 e. The summed E-state index contributed by atoms with van der Waals surface area (Å²) in [4.78, 5) is 17.1. The quantitative estimate of drug-likeness (QED) is 0.687. The fraction of sp³-hybridized carbons (Fsp3) is 0.320. The lowest BCUT2D eigenvalue weighted by Crippen LogP contribution is -2.87. The van der Waals surface area contributed by atoms with Crippen molar-refractivity contribution in [3.05, 3.63) is 72.3 Å². The van der Waals surface area contributed by atoms with Gasteiger partial charge in [-0.2, -0.15) is 0 Å². The van der Waals surface area contributed by atoms with Crippen LogP contribution < -0.4 is 15.0 Å². The number of hydrogen-bond donors (Lipinski definition) is 1. The smallest absolute Gasteiger partial charge is 0.277 e. The molecule has 5 nitrogen and oxygen atoms in total. The minimum absolute atomic E-state index is 0.219. The van der Waals surface area contributed by atoms with Gasteiger partial charge in [-0.05, 0) is 42.0 Å². The van der Waals surface area contributed by atoms with Crippen molar-refractivity contribution in [1.29, 1.82) is 0 Å². The molecule has 0 saturated carbocycles. The van der Waals surface area contributed by atoms with Crippen LogP contribution in [-0.2, 0) is 4.79 Å². The summed E-state index contributed by atoms with van der Waals surface area (Å²) in [5, 5.41) is 4.67. The lowest BCUT2D eigenvalue weighted by molar-refractivity contribution is -0.682. The van der Waals surface area contributed by atoms with E-state index in [1.54, 1.807) is 7.11 Å². The number of amides is 1. The lowest BCUT2D eigenvalue weighted by Gasteiger charge is -2.36. The van der Waals surface area contributed by atoms with Gasteiger partial charge in [0.05, 0.1) is 7.11 Å². The van der Waals surface area contributed by atoms with Crippen molar-refractivity contribution < 1.29 is 14.8 Å². The van der Waals surface area contributed by atoms with E-state index in [1.165, 1.54) is 22.0 Å². The zero-order valence-electron chi connectivity index (χ0n) is 17.8. The first-order chi connectivity index (χ1) is 14.7. The summed E-state index contributed by atoms with van der Waals surface area (Å²) in [6.45, 7) is 5.90. The van der Waals surface area contributed by atoms with E-state index in [-0.39, 0.29) is 11.9 Å². The van der Waals surface area contributed by atoms with Gasteiger partial charge in [0.2, 0.25) is 0 Å². The molecule has 0 spiro atoms. The van der Waals surface area contributed by atoms with E-state index in [0.717, 1.165) is 31.9 Å². The molecular formula is C25H30N3O2+. The number of ether oxygens (including phenoxy) is 1. The molecule has 0 unspecified atom stereocenters. The van der Waals surface area contributed by atoms with Gasteiger partial charge in [0.25, 0.3) is 5.91 Å². The number of fused-ring (bicyclic) bond motifs is 1. The highest BCUT2D eigenvalue weighted by molar-refractivity contribution is 5.86. The third kappa shape index (κ3) is 4.41. The van der Waals surface area contributed by atoms with Crippen LogP contribution in [0.3, 0.4) is 0 Å². The molecule has 1 fully saturated rings. The molecule has 1 aliphatic rings. The second-order valence-corrected chi connectivity index (χ2v) is 7.86. The Bertz CT molecular complexity index is 989. The summed E-state index contributed by atoms with van der Waals surface area (Å²) in [5.74, 6) is 1.08. The van der Waals surface area contributed by atoms with Gasteiger partial charge in [-0.1, -0.05) is 42.5 Å². The highest BCUT2D eigenvalue weighted by Crippen LogP contribution is 2.22. The van der Waals surface area contributed by atoms with Crippen molar-refractivity contribution in [3.63, 3.8) is 0 Å². The van der Waals surface area contributed by atoms with Crippen molar-refractivity contribution in [3.8, 4) is 5.75 Å². The van der Waals surface area contributed by atoms with E-state index in [2.05, 4.69) is 71.7 Å². The Balaban J connectivity index is 1.30. The minimum Gasteiger partial charge on any atom is -0.497 e. The maximum atomic E-state index is 12.8. The van der Waals surface area contributed by atoms with Gasteiger partial charge in [-0.25, -0.2) is 0 Å². The molecular weight excluding hydrogens is 374 g/mol. The van der Waals surface area contributed by atoms with Crippen molar-refractivity contribution in [2.24, 2.45) is 0 Å². The van der Waals surface area contributed by atoms with Gasteiger partial charge in [0, 0.05) is 37.4 Å². The molecule has 1 amide bonds. The summed E-state index contributed by atoms with van der Waals surface area (Å²) in [6.07, 6.45) is 0. The molecule has 0 radical (unpaired) electrons. The predicted molar refractivity (Wildman–Crippen MR) is 121 cm³/mol. The average Bonchev–Trinajstić information content (AvgIpc) is 2.82. The second kappa shape index (κ2) is 9.18. The van der Waals surface area contributed by atoms with Crippen molar-refractivity contribution in [2.45, 2.75) is 13.0 Å². The van der Waals surface area contributed by atoms with Crippen LogP contribution in [0.1, 0.15) is 18.5 Å². The fourth-order valence-electron chi connectivity index (χ4n) is 4.19. The lowest BCUT2D eigenvalue weighted by atomic mass is 10.00. The molecule has 1 aliphatic heterocycles. The van der Waals surface area contributed by atoms with Gasteiger partial charge >= 0.3 is 0 Å². The number of nitrogens with two attached hydrogens (primary N) is 1. The zero-order chi connectivity index (χ0) is 20.9. The zero-order valence-corrected chi connectivity index (χ0v) is 17.8. The summed E-state index contributed by atoms with van der Waals surface area (Å²) in [6, 6.07) is 23.2. The van der Waals surface area contributed by atoms with E-state index in [9.17, 15) is 4.79 Å². The van der Waals surface area contributed by atoms with E-state index in [4.69, 9.17) is 4.74 Å². The Labute approximate surface area is 178 Å². The highest BCUT2D eigenvalue weighted by Gasteiger charge is 2.23. The van der Waals surface area contributed by atoms with E-state index >= 15 is 0 Å². The van der Waals surface area contributed by atoms with Crippen molar-refractivity contribution >= 4 is 22.4 Å². The molecule has 3 aromatic carbocycles. The second-order valence-electron chi connectivity index (χ2n) is 7.86. The number of benzene rings is 3. The minimum atomic E-state index is 0.219. The SMILES string of the molecule is COc1ccc(N2CCN(C(=O)C[NH2+][C@@H](C)c3cccc4ccccc34)CC2)cc1. The fourth-order valence-corrected chi connectivity index (χ4v) is 4.19. The van der Waals surface area contributed by atoms with Crippen LogP contribution in [0.15, 0.2) is 66.7 Å². The number of piperazine rings is 1. The molecule has 4 rings (SSSR count). The number of nitrogens with zero attached hydrogens (tertiary/aromatic N) is 2. The molecule has 0 bridgehead atoms. The van der Waals surface area contributed by atoms with Crippen LogP contribution in [0, 0.1) is 0 Å². The Morgan fingerprint density at radius 1 is 0.967 bits per heavy atom. The van der Waals surface area contributed by atoms with Crippen molar-refractivity contribution in [2.75, 3.05) is 44.7 Å². The van der Waals surface area contributed by atoms with Gasteiger partial charge < -0.3 is 19.9 Å². The van der Waals surface area contributed by atoms with E-state index in [1.807, 2.05) is 17.0 Å². The van der Waals surface area contributed by atoms with Gasteiger partial charge in [0.1, 0.15) is 11.8 Å².